The first-order valence-corrected chi connectivity index (χ1v) is 13.8. The first kappa shape index (κ1) is 25.8. The van der Waals surface area contributed by atoms with Crippen LogP contribution in [0.1, 0.15) is 78.1 Å². The van der Waals surface area contributed by atoms with E-state index in [0.717, 1.165) is 51.3 Å². The maximum absolute atomic E-state index is 12.3. The van der Waals surface area contributed by atoms with E-state index in [4.69, 9.17) is 15.3 Å². The van der Waals surface area contributed by atoms with Gasteiger partial charge in [-0.3, -0.25) is 0 Å². The molecule has 0 aromatic heterocycles. The molecule has 33 heavy (non-hydrogen) atoms. The van der Waals surface area contributed by atoms with Crippen molar-refractivity contribution < 1.29 is 14.7 Å². The summed E-state index contributed by atoms with van der Waals surface area (Å²) in [6.45, 7) is 8.94. The van der Waals surface area contributed by atoms with Gasteiger partial charge < -0.3 is 25.3 Å². The lowest BCUT2D eigenvalue weighted by molar-refractivity contribution is -0.212. The van der Waals surface area contributed by atoms with Crippen LogP contribution in [0, 0.1) is 34.5 Å². The van der Waals surface area contributed by atoms with Crippen LogP contribution in [-0.2, 0) is 9.57 Å². The van der Waals surface area contributed by atoms with Gasteiger partial charge in [0.25, 0.3) is 0 Å². The Morgan fingerprint density at radius 2 is 1.82 bits per heavy atom. The fourth-order valence-corrected chi connectivity index (χ4v) is 8.57. The summed E-state index contributed by atoms with van der Waals surface area (Å²) in [5, 5.41) is 12.3. The van der Waals surface area contributed by atoms with Crippen LogP contribution in [0.4, 0.5) is 0 Å². The molecule has 4 rings (SSSR count). The molecular formula is C27H51N3O3. The van der Waals surface area contributed by atoms with Gasteiger partial charge in [0.15, 0.2) is 0 Å². The van der Waals surface area contributed by atoms with Crippen molar-refractivity contribution in [3.8, 4) is 0 Å². The number of aliphatic hydroxyl groups is 1. The minimum atomic E-state index is -0.519. The number of nitrogens with two attached hydrogens (primary N) is 1. The highest BCUT2D eigenvalue weighted by Gasteiger charge is 2.67. The Morgan fingerprint density at radius 1 is 1.00 bits per heavy atom. The zero-order valence-corrected chi connectivity index (χ0v) is 21.8. The predicted molar refractivity (Wildman–Crippen MR) is 133 cm³/mol. The molecule has 0 aromatic rings. The average molecular weight is 466 g/mol. The standard InChI is InChI=1S/C27H51N3O3/c1-25-11-9-22(32-16-5-14-28)18-20(25)6-7-24-23(25)10-12-26(2)21(8-13-27(24,26)31)19-29-33-17-15-30(3)4/h20-24,29,31H,5-19,28H2,1-4H3/t20?,21?,22?,23-,24-,25+,26-,27-/m1/s1. The van der Waals surface area contributed by atoms with Gasteiger partial charge in [0.05, 0.1) is 18.3 Å². The Hall–Kier alpha value is -0.240. The number of hydrogen-bond donors (Lipinski definition) is 3. The third-order valence-electron chi connectivity index (χ3n) is 10.8. The Morgan fingerprint density at radius 3 is 2.58 bits per heavy atom. The lowest BCUT2D eigenvalue weighted by Crippen LogP contribution is -2.62. The van der Waals surface area contributed by atoms with Gasteiger partial charge in [-0.2, -0.15) is 0 Å². The second-order valence-corrected chi connectivity index (χ2v) is 12.5. The number of ether oxygens (including phenoxy) is 1. The molecule has 4 aliphatic rings. The highest BCUT2D eigenvalue weighted by Crippen LogP contribution is 2.68. The molecule has 6 heteroatoms. The van der Waals surface area contributed by atoms with Gasteiger partial charge >= 0.3 is 0 Å². The van der Waals surface area contributed by atoms with E-state index in [1.807, 2.05) is 0 Å². The Bertz CT molecular complexity index is 648. The zero-order valence-electron chi connectivity index (χ0n) is 21.8. The maximum Gasteiger partial charge on any atom is 0.0809 e. The molecule has 0 bridgehead atoms. The third kappa shape index (κ3) is 4.77. The molecule has 0 spiro atoms. The average Bonchev–Trinajstić information content (AvgIpc) is 3.04. The van der Waals surface area contributed by atoms with Gasteiger partial charge in [0.2, 0.25) is 0 Å². The van der Waals surface area contributed by atoms with Crippen LogP contribution < -0.4 is 11.2 Å². The predicted octanol–water partition coefficient (Wildman–Crippen LogP) is 3.58. The minimum absolute atomic E-state index is 0.00217. The third-order valence-corrected chi connectivity index (χ3v) is 10.8. The van der Waals surface area contributed by atoms with Crippen LogP contribution in [0.2, 0.25) is 0 Å². The topological polar surface area (TPSA) is 80.0 Å². The van der Waals surface area contributed by atoms with Crippen LogP contribution in [-0.4, -0.2) is 68.7 Å². The number of likely N-dealkylation sites (N-methyl/N-ethyl adjacent to an activating group) is 1. The van der Waals surface area contributed by atoms with Gasteiger partial charge in [-0.05, 0) is 114 Å². The zero-order chi connectivity index (χ0) is 23.7. The smallest absolute Gasteiger partial charge is 0.0809 e. The lowest BCUT2D eigenvalue weighted by atomic mass is 9.43. The molecule has 8 atom stereocenters. The van der Waals surface area contributed by atoms with E-state index in [2.05, 4.69) is 38.3 Å². The lowest BCUT2D eigenvalue weighted by Gasteiger charge is -2.63. The summed E-state index contributed by atoms with van der Waals surface area (Å²) in [4.78, 5) is 7.84. The van der Waals surface area contributed by atoms with Crippen molar-refractivity contribution in [2.75, 3.05) is 46.9 Å². The van der Waals surface area contributed by atoms with Crippen molar-refractivity contribution >= 4 is 0 Å². The summed E-state index contributed by atoms with van der Waals surface area (Å²) in [6, 6.07) is 0. The molecule has 6 nitrogen and oxygen atoms in total. The second kappa shape index (κ2) is 10.4. The quantitative estimate of drug-likeness (QED) is 0.338. The fraction of sp³-hybridized carbons (Fsp3) is 1.00. The van der Waals surface area contributed by atoms with Crippen LogP contribution >= 0.6 is 0 Å². The van der Waals surface area contributed by atoms with Gasteiger partial charge in [-0.25, -0.2) is 5.48 Å². The van der Waals surface area contributed by atoms with Crippen LogP contribution in [0.3, 0.4) is 0 Å². The van der Waals surface area contributed by atoms with Gasteiger partial charge in [0, 0.05) is 25.1 Å². The summed E-state index contributed by atoms with van der Waals surface area (Å²) in [6.07, 6.45) is 11.9. The summed E-state index contributed by atoms with van der Waals surface area (Å²) in [5.41, 5.74) is 8.74. The Labute approximate surface area is 202 Å². The molecule has 4 N–H and O–H groups in total. The number of nitrogens with zero attached hydrogens (tertiary/aromatic N) is 1. The van der Waals surface area contributed by atoms with Crippen molar-refractivity contribution in [1.82, 2.24) is 10.4 Å². The van der Waals surface area contributed by atoms with Crippen molar-refractivity contribution in [3.05, 3.63) is 0 Å². The summed E-state index contributed by atoms with van der Waals surface area (Å²) >= 11 is 0. The van der Waals surface area contributed by atoms with Gasteiger partial charge in [-0.1, -0.05) is 13.8 Å². The monoisotopic (exact) mass is 465 g/mol. The SMILES string of the molecule is CN(C)CCONCC1CC[C@@]2(O)[C@@H]3CCC4CC(OCCCN)CC[C@]4(C)[C@@H]3CC[C@]12C. The number of nitrogens with one attached hydrogen (secondary N) is 1. The first-order chi connectivity index (χ1) is 15.7. The first-order valence-electron chi connectivity index (χ1n) is 13.8. The van der Waals surface area contributed by atoms with Crippen molar-refractivity contribution in [3.63, 3.8) is 0 Å². The van der Waals surface area contributed by atoms with E-state index in [1.54, 1.807) is 0 Å². The molecule has 3 unspecified atom stereocenters. The second-order valence-electron chi connectivity index (χ2n) is 12.5. The van der Waals surface area contributed by atoms with Crippen LogP contribution in [0.5, 0.6) is 0 Å². The summed E-state index contributed by atoms with van der Waals surface area (Å²) in [5.74, 6) is 2.33. The van der Waals surface area contributed by atoms with Gasteiger partial charge in [-0.15, -0.1) is 0 Å². The van der Waals surface area contributed by atoms with Crippen LogP contribution in [0.15, 0.2) is 0 Å². The van der Waals surface area contributed by atoms with Crippen molar-refractivity contribution in [2.24, 2.45) is 40.2 Å². The van der Waals surface area contributed by atoms with E-state index in [-0.39, 0.29) is 5.41 Å². The minimum Gasteiger partial charge on any atom is -0.389 e. The van der Waals surface area contributed by atoms with E-state index < -0.39 is 5.60 Å². The van der Waals surface area contributed by atoms with Crippen molar-refractivity contribution in [2.45, 2.75) is 89.8 Å². The van der Waals surface area contributed by atoms with Crippen LogP contribution in [0.25, 0.3) is 0 Å². The fourth-order valence-electron chi connectivity index (χ4n) is 8.57. The summed E-state index contributed by atoms with van der Waals surface area (Å²) in [7, 11) is 4.13. The number of fused-ring (bicyclic) bond motifs is 5. The molecule has 0 aromatic carbocycles. The van der Waals surface area contributed by atoms with Crippen molar-refractivity contribution in [1.29, 1.82) is 0 Å². The van der Waals surface area contributed by atoms with Gasteiger partial charge in [0.1, 0.15) is 0 Å². The largest absolute Gasteiger partial charge is 0.389 e. The molecule has 0 radical (unpaired) electrons. The van der Waals surface area contributed by atoms with E-state index >= 15 is 0 Å². The van der Waals surface area contributed by atoms with E-state index in [9.17, 15) is 5.11 Å². The van der Waals surface area contributed by atoms with E-state index in [0.29, 0.717) is 42.4 Å². The highest BCUT2D eigenvalue weighted by atomic mass is 16.6. The molecular weight excluding hydrogens is 414 g/mol. The molecule has 0 saturated heterocycles. The Balaban J connectivity index is 1.38. The maximum atomic E-state index is 12.3. The molecule has 4 saturated carbocycles. The molecule has 4 aliphatic carbocycles. The molecule has 0 aliphatic heterocycles. The molecule has 0 amide bonds. The molecule has 4 fully saturated rings. The Kier molecular flexibility index (Phi) is 8.14. The molecule has 0 heterocycles. The summed E-state index contributed by atoms with van der Waals surface area (Å²) < 4.78 is 6.19. The number of rotatable bonds is 10. The number of hydrogen-bond acceptors (Lipinski definition) is 6. The number of hydroxylamine groups is 1. The van der Waals surface area contributed by atoms with E-state index in [1.165, 1.54) is 38.5 Å². The molecule has 192 valence electrons. The highest BCUT2D eigenvalue weighted by molar-refractivity contribution is 5.16. The normalized spacial score (nSPS) is 45.0.